The van der Waals surface area contributed by atoms with Crippen molar-refractivity contribution in [3.05, 3.63) is 112 Å². The third-order valence-corrected chi connectivity index (χ3v) is 8.13. The second-order valence-electron chi connectivity index (χ2n) is 11.6. The van der Waals surface area contributed by atoms with E-state index in [0.29, 0.717) is 54.8 Å². The minimum Gasteiger partial charge on any atom is -0.429 e. The topological polar surface area (TPSA) is 18.5 Å². The van der Waals surface area contributed by atoms with Crippen LogP contribution in [0.25, 0.3) is 32.7 Å². The quantitative estimate of drug-likeness (QED) is 0.135. The molecule has 2 atom stereocenters. The maximum Gasteiger partial charge on any atom is 0.458 e. The summed E-state index contributed by atoms with van der Waals surface area (Å²) >= 11 is 0. The van der Waals surface area contributed by atoms with Crippen molar-refractivity contribution in [1.82, 2.24) is 0 Å². The van der Waals surface area contributed by atoms with Crippen LogP contribution >= 0.6 is 0 Å². The molecule has 0 spiro atoms. The fourth-order valence-electron chi connectivity index (χ4n) is 5.77. The van der Waals surface area contributed by atoms with Crippen LogP contribution in [0.15, 0.2) is 60.7 Å². The van der Waals surface area contributed by atoms with Gasteiger partial charge in [-0.05, 0) is 89.2 Å². The largest absolute Gasteiger partial charge is 0.458 e. The van der Waals surface area contributed by atoms with Crippen LogP contribution in [0.2, 0.25) is 0 Å². The maximum atomic E-state index is 15.6. The van der Waals surface area contributed by atoms with E-state index in [-0.39, 0.29) is 16.9 Å². The average molecular weight is 695 g/mol. The molecule has 5 aromatic carbocycles. The molecule has 0 aliphatic carbocycles. The normalized spacial score (nSPS) is 16.9. The van der Waals surface area contributed by atoms with Crippen molar-refractivity contribution >= 4 is 21.5 Å². The highest BCUT2D eigenvalue weighted by atomic mass is 19.4. The molecule has 0 saturated carbocycles. The number of alkyl halides is 5. The molecule has 0 N–H and O–H groups in total. The molecular formula is C36H21F11O2. The summed E-state index contributed by atoms with van der Waals surface area (Å²) in [5.74, 6) is -7.71. The zero-order valence-electron chi connectivity index (χ0n) is 25.0. The predicted octanol–water partition coefficient (Wildman–Crippen LogP) is 11.0. The van der Waals surface area contributed by atoms with Crippen LogP contribution in [-0.2, 0) is 10.8 Å². The first kappa shape index (κ1) is 34.0. The summed E-state index contributed by atoms with van der Waals surface area (Å²) in [4.78, 5) is 0. The third-order valence-electron chi connectivity index (χ3n) is 8.13. The number of hydrogen-bond donors (Lipinski definition) is 0. The van der Waals surface area contributed by atoms with E-state index in [2.05, 4.69) is 4.74 Å². The van der Waals surface area contributed by atoms with Gasteiger partial charge < -0.3 is 9.47 Å². The SMILES string of the molecule is CC1CCC(c2ccc3c(F)c(-c4cc(F)c(C(F)(F)Oc5ccc6c(F)c(C#CC(F)(F)F)c(F)cc6c5)c(F)c4)c(F)cc3c2)OC1. The molecule has 0 amide bonds. The van der Waals surface area contributed by atoms with E-state index in [9.17, 15) is 22.0 Å². The van der Waals surface area contributed by atoms with Gasteiger partial charge in [-0.15, -0.1) is 0 Å². The van der Waals surface area contributed by atoms with Gasteiger partial charge >= 0.3 is 12.3 Å². The van der Waals surface area contributed by atoms with Gasteiger partial charge in [-0.3, -0.25) is 0 Å². The molecule has 1 fully saturated rings. The molecule has 0 bridgehead atoms. The van der Waals surface area contributed by atoms with E-state index >= 15 is 26.3 Å². The van der Waals surface area contributed by atoms with Crippen molar-refractivity contribution < 1.29 is 57.8 Å². The van der Waals surface area contributed by atoms with E-state index in [1.165, 1.54) is 12.0 Å². The van der Waals surface area contributed by atoms with Crippen LogP contribution in [0.5, 0.6) is 5.75 Å². The number of rotatable bonds is 5. The van der Waals surface area contributed by atoms with Crippen molar-refractivity contribution in [3.8, 4) is 28.7 Å². The lowest BCUT2D eigenvalue weighted by Crippen LogP contribution is -2.25. The molecule has 6 rings (SSSR count). The number of fused-ring (bicyclic) bond motifs is 2. The summed E-state index contributed by atoms with van der Waals surface area (Å²) in [5.41, 5.74) is -4.05. The molecule has 2 unspecified atom stereocenters. The Morgan fingerprint density at radius 1 is 0.714 bits per heavy atom. The van der Waals surface area contributed by atoms with E-state index in [1.807, 2.05) is 6.92 Å². The number of halogens is 11. The standard InChI is InChI=1S/C36H21F11O2/c1-17-2-7-30(48-16-17)18-3-5-24-19(10-18)13-27(38)31(34(24)42)21-14-28(39)32(29(40)15-21)36(46,47)49-22-4-6-23-20(11-22)12-26(37)25(33(23)41)8-9-35(43,44)45/h3-6,10-15,17,30H,2,7,16H2,1H3. The van der Waals surface area contributed by atoms with Crippen LogP contribution in [0.4, 0.5) is 48.3 Å². The molecule has 2 nitrogen and oxygen atoms in total. The molecule has 1 heterocycles. The Bertz CT molecular complexity index is 2150. The highest BCUT2D eigenvalue weighted by Crippen LogP contribution is 2.41. The summed E-state index contributed by atoms with van der Waals surface area (Å²) < 4.78 is 168. The highest BCUT2D eigenvalue weighted by Gasteiger charge is 2.41. The van der Waals surface area contributed by atoms with Crippen molar-refractivity contribution in [1.29, 1.82) is 0 Å². The van der Waals surface area contributed by atoms with Crippen LogP contribution in [-0.4, -0.2) is 12.8 Å². The van der Waals surface area contributed by atoms with Gasteiger partial charge in [0.1, 0.15) is 46.2 Å². The molecule has 254 valence electrons. The van der Waals surface area contributed by atoms with Crippen LogP contribution < -0.4 is 4.74 Å². The van der Waals surface area contributed by atoms with E-state index < -0.39 is 86.0 Å². The smallest absolute Gasteiger partial charge is 0.429 e. The average Bonchev–Trinajstić information content (AvgIpc) is 2.99. The van der Waals surface area contributed by atoms with Crippen molar-refractivity contribution in [2.75, 3.05) is 6.61 Å². The van der Waals surface area contributed by atoms with E-state index in [0.717, 1.165) is 24.5 Å². The van der Waals surface area contributed by atoms with Gasteiger partial charge in [0, 0.05) is 23.3 Å². The van der Waals surface area contributed by atoms with Crippen molar-refractivity contribution in [2.24, 2.45) is 5.92 Å². The zero-order valence-corrected chi connectivity index (χ0v) is 25.0. The van der Waals surface area contributed by atoms with Crippen LogP contribution in [0.3, 0.4) is 0 Å². The zero-order chi connectivity index (χ0) is 35.4. The lowest BCUT2D eigenvalue weighted by atomic mass is 9.93. The Hall–Kier alpha value is -4.83. The highest BCUT2D eigenvalue weighted by molar-refractivity contribution is 5.89. The van der Waals surface area contributed by atoms with Gasteiger partial charge in [0.2, 0.25) is 0 Å². The number of hydrogen-bond acceptors (Lipinski definition) is 2. The van der Waals surface area contributed by atoms with Crippen molar-refractivity contribution in [2.45, 2.75) is 38.2 Å². The molecule has 1 aliphatic heterocycles. The summed E-state index contributed by atoms with van der Waals surface area (Å²) in [6, 6.07) is 8.72. The minimum absolute atomic E-state index is 0.0911. The van der Waals surface area contributed by atoms with Crippen LogP contribution in [0, 0.1) is 52.7 Å². The minimum atomic E-state index is -5.05. The summed E-state index contributed by atoms with van der Waals surface area (Å²) in [5, 5.41) is -0.909. The van der Waals surface area contributed by atoms with Gasteiger partial charge in [-0.1, -0.05) is 25.0 Å². The third kappa shape index (κ3) is 6.74. The molecule has 49 heavy (non-hydrogen) atoms. The van der Waals surface area contributed by atoms with Gasteiger partial charge in [-0.2, -0.15) is 22.0 Å². The molecular weight excluding hydrogens is 673 g/mol. The number of ether oxygens (including phenoxy) is 2. The lowest BCUT2D eigenvalue weighted by molar-refractivity contribution is -0.189. The molecule has 1 aliphatic rings. The molecule has 5 aromatic rings. The Balaban J connectivity index is 1.30. The van der Waals surface area contributed by atoms with Gasteiger partial charge in [0.15, 0.2) is 0 Å². The summed E-state index contributed by atoms with van der Waals surface area (Å²) in [6.45, 7) is 2.56. The van der Waals surface area contributed by atoms with E-state index in [1.54, 1.807) is 12.1 Å². The summed E-state index contributed by atoms with van der Waals surface area (Å²) in [7, 11) is 0. The Morgan fingerprint density at radius 2 is 1.35 bits per heavy atom. The van der Waals surface area contributed by atoms with Gasteiger partial charge in [-0.25, -0.2) is 26.3 Å². The second kappa shape index (κ2) is 12.6. The van der Waals surface area contributed by atoms with Gasteiger partial charge in [0.25, 0.3) is 0 Å². The predicted molar refractivity (Wildman–Crippen MR) is 158 cm³/mol. The fraction of sp³-hybridized carbons (Fsp3) is 0.222. The summed E-state index contributed by atoms with van der Waals surface area (Å²) in [6.07, 6.45) is -8.49. The Kier molecular flexibility index (Phi) is 8.73. The molecule has 0 radical (unpaired) electrons. The lowest BCUT2D eigenvalue weighted by Gasteiger charge is -2.27. The monoisotopic (exact) mass is 694 g/mol. The Labute approximate surface area is 271 Å². The van der Waals surface area contributed by atoms with E-state index in [4.69, 9.17) is 4.74 Å². The maximum absolute atomic E-state index is 15.6. The van der Waals surface area contributed by atoms with Crippen molar-refractivity contribution in [3.63, 3.8) is 0 Å². The first-order valence-corrected chi connectivity index (χ1v) is 14.6. The second-order valence-corrected chi connectivity index (χ2v) is 11.6. The molecule has 13 heteroatoms. The van der Waals surface area contributed by atoms with Gasteiger partial charge in [0.05, 0.1) is 17.2 Å². The fourth-order valence-corrected chi connectivity index (χ4v) is 5.77. The number of benzene rings is 5. The Morgan fingerprint density at radius 3 is 2.00 bits per heavy atom. The molecule has 1 saturated heterocycles. The molecule has 0 aromatic heterocycles. The first-order valence-electron chi connectivity index (χ1n) is 14.6. The first-order chi connectivity index (χ1) is 23.0. The van der Waals surface area contributed by atoms with Crippen LogP contribution in [0.1, 0.15) is 42.6 Å².